The third kappa shape index (κ3) is 7.36. The van der Waals surface area contributed by atoms with Gasteiger partial charge in [0.05, 0.1) is 6.42 Å². The van der Waals surface area contributed by atoms with E-state index in [1.54, 1.807) is 11.8 Å². The van der Waals surface area contributed by atoms with Gasteiger partial charge in [0.2, 0.25) is 0 Å². The van der Waals surface area contributed by atoms with Gasteiger partial charge in [-0.3, -0.25) is 4.79 Å². The predicted octanol–water partition coefficient (Wildman–Crippen LogP) is 3.10. The van der Waals surface area contributed by atoms with Crippen LogP contribution < -0.4 is 5.32 Å². The zero-order chi connectivity index (χ0) is 15.5. The summed E-state index contributed by atoms with van der Waals surface area (Å²) in [5, 5.41) is 11.7. The number of carboxylic acid groups (broad SMARTS) is 1. The quantitative estimate of drug-likeness (QED) is 0.648. The molecule has 0 bridgehead atoms. The van der Waals surface area contributed by atoms with Crippen LogP contribution in [0.5, 0.6) is 0 Å². The summed E-state index contributed by atoms with van der Waals surface area (Å²) in [5.41, 5.74) is 0. The number of urea groups is 1. The maximum absolute atomic E-state index is 12.1. The van der Waals surface area contributed by atoms with E-state index in [0.29, 0.717) is 19.0 Å². The monoisotopic (exact) mass is 286 g/mol. The molecule has 0 fully saturated rings. The van der Waals surface area contributed by atoms with Crippen LogP contribution in [0, 0.1) is 5.92 Å². The topological polar surface area (TPSA) is 69.6 Å². The predicted molar refractivity (Wildman–Crippen MR) is 80.8 cm³/mol. The number of amides is 2. The first-order chi connectivity index (χ1) is 9.46. The minimum atomic E-state index is -0.877. The molecule has 0 aliphatic carbocycles. The third-order valence-electron chi connectivity index (χ3n) is 3.69. The van der Waals surface area contributed by atoms with Crippen molar-refractivity contribution in [2.24, 2.45) is 5.92 Å². The Kier molecular flexibility index (Phi) is 9.86. The molecule has 0 aromatic carbocycles. The van der Waals surface area contributed by atoms with Crippen LogP contribution in [0.2, 0.25) is 0 Å². The fraction of sp³-hybridized carbons (Fsp3) is 0.867. The molecule has 118 valence electrons. The molecule has 0 saturated carbocycles. The number of carbonyl (C=O) groups is 2. The molecular formula is C15H30N2O3. The molecule has 0 spiro atoms. The minimum Gasteiger partial charge on any atom is -0.481 e. The van der Waals surface area contributed by atoms with Gasteiger partial charge < -0.3 is 15.3 Å². The van der Waals surface area contributed by atoms with Crippen LogP contribution in [0.15, 0.2) is 0 Å². The van der Waals surface area contributed by atoms with Crippen LogP contribution >= 0.6 is 0 Å². The first-order valence-electron chi connectivity index (χ1n) is 7.72. The summed E-state index contributed by atoms with van der Waals surface area (Å²) in [6.07, 6.45) is 4.51. The summed E-state index contributed by atoms with van der Waals surface area (Å²) in [5.74, 6) is -0.370. The maximum atomic E-state index is 12.1. The number of hydrogen-bond acceptors (Lipinski definition) is 2. The fourth-order valence-electron chi connectivity index (χ4n) is 2.29. The van der Waals surface area contributed by atoms with Crippen LogP contribution in [-0.4, -0.2) is 41.1 Å². The number of nitrogens with one attached hydrogen (secondary N) is 1. The van der Waals surface area contributed by atoms with Crippen LogP contribution in [0.1, 0.15) is 59.8 Å². The standard InChI is InChI=1S/C15H30N2O3/c1-5-8-9-13(6-2)11-16-15(20)17(7-3)12(4)10-14(18)19/h12-13H,5-11H2,1-4H3,(H,16,20)(H,18,19). The number of hydrogen-bond donors (Lipinski definition) is 2. The van der Waals surface area contributed by atoms with Gasteiger partial charge in [0, 0.05) is 19.1 Å². The molecule has 2 unspecified atom stereocenters. The third-order valence-corrected chi connectivity index (χ3v) is 3.69. The van der Waals surface area contributed by atoms with Crippen LogP contribution in [0.3, 0.4) is 0 Å². The van der Waals surface area contributed by atoms with Gasteiger partial charge in [0.15, 0.2) is 0 Å². The van der Waals surface area contributed by atoms with Crippen molar-refractivity contribution in [1.29, 1.82) is 0 Å². The van der Waals surface area contributed by atoms with Gasteiger partial charge in [-0.05, 0) is 26.2 Å². The van der Waals surface area contributed by atoms with E-state index in [1.165, 1.54) is 12.8 Å². The van der Waals surface area contributed by atoms with Crippen molar-refractivity contribution in [3.05, 3.63) is 0 Å². The van der Waals surface area contributed by atoms with Crippen LogP contribution in [-0.2, 0) is 4.79 Å². The van der Waals surface area contributed by atoms with E-state index in [2.05, 4.69) is 19.2 Å². The molecule has 2 N–H and O–H groups in total. The normalized spacial score (nSPS) is 13.6. The summed E-state index contributed by atoms with van der Waals surface area (Å²) in [6, 6.07) is -0.440. The van der Waals surface area contributed by atoms with Crippen molar-refractivity contribution in [1.82, 2.24) is 10.2 Å². The molecule has 0 saturated heterocycles. The highest BCUT2D eigenvalue weighted by Crippen LogP contribution is 2.12. The van der Waals surface area contributed by atoms with Crippen molar-refractivity contribution in [2.45, 2.75) is 65.8 Å². The lowest BCUT2D eigenvalue weighted by Gasteiger charge is -2.28. The van der Waals surface area contributed by atoms with Gasteiger partial charge in [-0.15, -0.1) is 0 Å². The van der Waals surface area contributed by atoms with Gasteiger partial charge in [-0.2, -0.15) is 0 Å². The van der Waals surface area contributed by atoms with Gasteiger partial charge in [0.1, 0.15) is 0 Å². The van der Waals surface area contributed by atoms with Gasteiger partial charge in [0.25, 0.3) is 0 Å². The molecule has 5 heteroatoms. The number of aliphatic carboxylic acids is 1. The highest BCUT2D eigenvalue weighted by molar-refractivity contribution is 5.75. The minimum absolute atomic E-state index is 0.0195. The fourth-order valence-corrected chi connectivity index (χ4v) is 2.29. The van der Waals surface area contributed by atoms with Crippen LogP contribution in [0.25, 0.3) is 0 Å². The summed E-state index contributed by atoms with van der Waals surface area (Å²) < 4.78 is 0. The summed E-state index contributed by atoms with van der Waals surface area (Å²) >= 11 is 0. The Morgan fingerprint density at radius 1 is 1.25 bits per heavy atom. The van der Waals surface area contributed by atoms with Gasteiger partial charge >= 0.3 is 12.0 Å². The molecule has 0 aromatic rings. The molecule has 0 rings (SSSR count). The van der Waals surface area contributed by atoms with Crippen molar-refractivity contribution < 1.29 is 14.7 Å². The second kappa shape index (κ2) is 10.5. The Hall–Kier alpha value is -1.26. The lowest BCUT2D eigenvalue weighted by Crippen LogP contribution is -2.46. The lowest BCUT2D eigenvalue weighted by molar-refractivity contribution is -0.138. The SMILES string of the molecule is CCCCC(CC)CNC(=O)N(CC)C(C)CC(=O)O. The van der Waals surface area contributed by atoms with E-state index in [-0.39, 0.29) is 18.5 Å². The van der Waals surface area contributed by atoms with Crippen molar-refractivity contribution >= 4 is 12.0 Å². The average molecular weight is 286 g/mol. The zero-order valence-corrected chi connectivity index (χ0v) is 13.3. The molecular weight excluding hydrogens is 256 g/mol. The Balaban J connectivity index is 4.29. The molecule has 0 aliphatic heterocycles. The Morgan fingerprint density at radius 2 is 1.90 bits per heavy atom. The molecule has 0 aliphatic rings. The number of carboxylic acids is 1. The average Bonchev–Trinajstić information content (AvgIpc) is 2.38. The van der Waals surface area contributed by atoms with Crippen LogP contribution in [0.4, 0.5) is 4.79 Å². The number of unbranched alkanes of at least 4 members (excludes halogenated alkanes) is 1. The highest BCUT2D eigenvalue weighted by atomic mass is 16.4. The Labute approximate surface area is 122 Å². The Bertz CT molecular complexity index is 295. The van der Waals surface area contributed by atoms with Crippen molar-refractivity contribution in [3.8, 4) is 0 Å². The van der Waals surface area contributed by atoms with E-state index < -0.39 is 5.97 Å². The van der Waals surface area contributed by atoms with E-state index in [9.17, 15) is 9.59 Å². The van der Waals surface area contributed by atoms with E-state index in [0.717, 1.165) is 12.8 Å². The molecule has 20 heavy (non-hydrogen) atoms. The maximum Gasteiger partial charge on any atom is 0.317 e. The molecule has 5 nitrogen and oxygen atoms in total. The van der Waals surface area contributed by atoms with Crippen molar-refractivity contribution in [3.63, 3.8) is 0 Å². The summed E-state index contributed by atoms with van der Waals surface area (Å²) in [6.45, 7) is 9.13. The number of nitrogens with zero attached hydrogens (tertiary/aromatic N) is 1. The number of rotatable bonds is 10. The second-order valence-corrected chi connectivity index (χ2v) is 5.34. The smallest absolute Gasteiger partial charge is 0.317 e. The zero-order valence-electron chi connectivity index (χ0n) is 13.3. The van der Waals surface area contributed by atoms with E-state index in [1.807, 2.05) is 6.92 Å². The van der Waals surface area contributed by atoms with Gasteiger partial charge in [-0.1, -0.05) is 33.1 Å². The molecule has 0 heterocycles. The number of carbonyl (C=O) groups excluding carboxylic acids is 1. The van der Waals surface area contributed by atoms with Gasteiger partial charge in [-0.25, -0.2) is 4.79 Å². The Morgan fingerprint density at radius 3 is 2.35 bits per heavy atom. The highest BCUT2D eigenvalue weighted by Gasteiger charge is 2.21. The molecule has 2 atom stereocenters. The first-order valence-corrected chi connectivity index (χ1v) is 7.72. The van der Waals surface area contributed by atoms with E-state index in [4.69, 9.17) is 5.11 Å². The summed E-state index contributed by atoms with van der Waals surface area (Å²) in [7, 11) is 0. The molecule has 0 aromatic heterocycles. The first kappa shape index (κ1) is 18.7. The van der Waals surface area contributed by atoms with Crippen molar-refractivity contribution in [2.75, 3.05) is 13.1 Å². The second-order valence-electron chi connectivity index (χ2n) is 5.34. The molecule has 0 radical (unpaired) electrons. The molecule has 2 amide bonds. The van der Waals surface area contributed by atoms with E-state index >= 15 is 0 Å². The lowest BCUT2D eigenvalue weighted by atomic mass is 9.99. The largest absolute Gasteiger partial charge is 0.481 e. The summed E-state index contributed by atoms with van der Waals surface area (Å²) in [4.78, 5) is 24.4.